The fourth-order valence-corrected chi connectivity index (χ4v) is 3.37. The average Bonchev–Trinajstić information content (AvgIpc) is 2.96. The van der Waals surface area contributed by atoms with Crippen LogP contribution in [0.3, 0.4) is 0 Å². The van der Waals surface area contributed by atoms with E-state index in [1.807, 2.05) is 0 Å². The van der Waals surface area contributed by atoms with Gasteiger partial charge >= 0.3 is 5.97 Å². The number of aromatic nitrogens is 1. The van der Waals surface area contributed by atoms with Gasteiger partial charge in [0.2, 0.25) is 0 Å². The lowest BCUT2D eigenvalue weighted by molar-refractivity contribution is -0.143. The summed E-state index contributed by atoms with van der Waals surface area (Å²) in [6.07, 6.45) is 0.838. The van der Waals surface area contributed by atoms with Crippen molar-refractivity contribution >= 4 is 21.8 Å². The van der Waals surface area contributed by atoms with E-state index in [9.17, 15) is 18.0 Å². The number of benzene rings is 1. The number of esters is 1. The first kappa shape index (κ1) is 16.0. The molecular weight excluding hydrogens is 306 g/mol. The number of Topliss-reactive ketones (excluding diaryl/α,β-unsaturated/α-hetero) is 1. The zero-order valence-electron chi connectivity index (χ0n) is 11.9. The van der Waals surface area contributed by atoms with Crippen molar-refractivity contribution < 1.29 is 22.7 Å². The maximum absolute atomic E-state index is 12.5. The van der Waals surface area contributed by atoms with Crippen molar-refractivity contribution in [3.63, 3.8) is 0 Å². The van der Waals surface area contributed by atoms with Crippen molar-refractivity contribution in [3.05, 3.63) is 54.4 Å². The van der Waals surface area contributed by atoms with E-state index in [1.54, 1.807) is 24.3 Å². The van der Waals surface area contributed by atoms with Gasteiger partial charge in [-0.25, -0.2) is 12.4 Å². The average molecular weight is 321 g/mol. The van der Waals surface area contributed by atoms with Crippen molar-refractivity contribution in [2.45, 2.75) is 17.7 Å². The third kappa shape index (κ3) is 3.43. The van der Waals surface area contributed by atoms with Crippen molar-refractivity contribution in [1.82, 2.24) is 3.97 Å². The van der Waals surface area contributed by atoms with Gasteiger partial charge in [-0.15, -0.1) is 0 Å². The molecule has 0 aliphatic heterocycles. The lowest BCUT2D eigenvalue weighted by Gasteiger charge is -2.10. The standard InChI is InChI=1S/C15H15NO5S/c1-21-15(18)11-13(17)10-12-6-5-9-16(12)22(19,20)14-7-3-2-4-8-14/h2-9H,10-11H2,1H3. The van der Waals surface area contributed by atoms with Crippen molar-refractivity contribution in [2.24, 2.45) is 0 Å². The molecule has 0 fully saturated rings. The quantitative estimate of drug-likeness (QED) is 0.593. The minimum atomic E-state index is -3.76. The minimum Gasteiger partial charge on any atom is -0.469 e. The van der Waals surface area contributed by atoms with Crippen LogP contribution >= 0.6 is 0 Å². The first-order valence-electron chi connectivity index (χ1n) is 6.50. The lowest BCUT2D eigenvalue weighted by Crippen LogP contribution is -2.18. The minimum absolute atomic E-state index is 0.132. The smallest absolute Gasteiger partial charge is 0.313 e. The molecular formula is C15H15NO5S. The summed E-state index contributed by atoms with van der Waals surface area (Å²) in [4.78, 5) is 23.0. The molecule has 0 atom stereocenters. The highest BCUT2D eigenvalue weighted by atomic mass is 32.2. The Balaban J connectivity index is 2.27. The monoisotopic (exact) mass is 321 g/mol. The summed E-state index contributed by atoms with van der Waals surface area (Å²) in [5, 5.41) is 0. The van der Waals surface area contributed by atoms with Gasteiger partial charge in [0, 0.05) is 18.3 Å². The van der Waals surface area contributed by atoms with Gasteiger partial charge in [-0.3, -0.25) is 9.59 Å². The van der Waals surface area contributed by atoms with Gasteiger partial charge < -0.3 is 4.74 Å². The highest BCUT2D eigenvalue weighted by Crippen LogP contribution is 2.17. The summed E-state index contributed by atoms with van der Waals surface area (Å²) in [5.74, 6) is -1.05. The van der Waals surface area contributed by atoms with E-state index in [4.69, 9.17) is 0 Å². The molecule has 0 N–H and O–H groups in total. The van der Waals surface area contributed by atoms with Crippen LogP contribution in [0.1, 0.15) is 12.1 Å². The van der Waals surface area contributed by atoms with Crippen LogP contribution in [0.5, 0.6) is 0 Å². The van der Waals surface area contributed by atoms with Crippen LogP contribution in [0.4, 0.5) is 0 Å². The molecule has 1 heterocycles. The fraction of sp³-hybridized carbons (Fsp3) is 0.200. The summed E-state index contributed by atoms with van der Waals surface area (Å²) in [7, 11) is -2.57. The van der Waals surface area contributed by atoms with Gasteiger partial charge in [0.25, 0.3) is 10.0 Å². The normalized spacial score (nSPS) is 11.1. The second-order valence-corrected chi connectivity index (χ2v) is 6.40. The molecule has 7 heteroatoms. The molecule has 6 nitrogen and oxygen atoms in total. The zero-order chi connectivity index (χ0) is 16.2. The molecule has 0 amide bonds. The van der Waals surface area contributed by atoms with Gasteiger partial charge in [0.1, 0.15) is 12.2 Å². The number of carbonyl (C=O) groups is 2. The SMILES string of the molecule is COC(=O)CC(=O)Cc1cccn1S(=O)(=O)c1ccccc1. The second-order valence-electron chi connectivity index (χ2n) is 4.58. The molecule has 2 aromatic rings. The van der Waals surface area contributed by atoms with Crippen LogP contribution in [-0.2, 0) is 30.8 Å². The van der Waals surface area contributed by atoms with Crippen LogP contribution in [0.25, 0.3) is 0 Å². The van der Waals surface area contributed by atoms with Crippen molar-refractivity contribution in [1.29, 1.82) is 0 Å². The van der Waals surface area contributed by atoms with Crippen LogP contribution in [0, 0.1) is 0 Å². The number of hydrogen-bond donors (Lipinski definition) is 0. The highest BCUT2D eigenvalue weighted by Gasteiger charge is 2.20. The Morgan fingerprint density at radius 3 is 2.41 bits per heavy atom. The molecule has 0 saturated heterocycles. The molecule has 1 aromatic heterocycles. The number of rotatable bonds is 6. The van der Waals surface area contributed by atoms with Gasteiger partial charge in [0.15, 0.2) is 0 Å². The summed E-state index contributed by atoms with van der Waals surface area (Å²) in [6.45, 7) is 0. The number of carbonyl (C=O) groups excluding carboxylic acids is 2. The maximum Gasteiger partial charge on any atom is 0.313 e. The molecule has 0 aliphatic rings. The molecule has 0 unspecified atom stereocenters. The summed E-state index contributed by atoms with van der Waals surface area (Å²) in [6, 6.07) is 11.0. The highest BCUT2D eigenvalue weighted by molar-refractivity contribution is 7.90. The number of ether oxygens (including phenoxy) is 1. The Morgan fingerprint density at radius 1 is 1.09 bits per heavy atom. The Bertz CT molecular complexity index is 777. The van der Waals surface area contributed by atoms with Gasteiger partial charge in [0.05, 0.1) is 12.0 Å². The maximum atomic E-state index is 12.5. The predicted octanol–water partition coefficient (Wildman–Crippen LogP) is 1.40. The molecule has 0 saturated carbocycles. The zero-order valence-corrected chi connectivity index (χ0v) is 12.7. The van der Waals surface area contributed by atoms with Crippen molar-refractivity contribution in [2.75, 3.05) is 7.11 Å². The second kappa shape index (κ2) is 6.57. The van der Waals surface area contributed by atoms with Crippen LogP contribution in [0.15, 0.2) is 53.6 Å². The third-order valence-corrected chi connectivity index (χ3v) is 4.78. The summed E-state index contributed by atoms with van der Waals surface area (Å²) >= 11 is 0. The molecule has 0 bridgehead atoms. The number of ketones is 1. The Hall–Kier alpha value is -2.41. The van der Waals surface area contributed by atoms with Gasteiger partial charge in [-0.2, -0.15) is 0 Å². The van der Waals surface area contributed by atoms with Crippen LogP contribution in [0.2, 0.25) is 0 Å². The first-order chi connectivity index (χ1) is 10.4. The third-order valence-electron chi connectivity index (χ3n) is 3.04. The van der Waals surface area contributed by atoms with Gasteiger partial charge in [-0.1, -0.05) is 18.2 Å². The van der Waals surface area contributed by atoms with E-state index in [0.29, 0.717) is 5.69 Å². The molecule has 116 valence electrons. The van der Waals surface area contributed by atoms with Crippen LogP contribution in [-0.4, -0.2) is 31.3 Å². The van der Waals surface area contributed by atoms with E-state index in [1.165, 1.54) is 31.5 Å². The number of nitrogens with zero attached hydrogens (tertiary/aromatic N) is 1. The summed E-state index contributed by atoms with van der Waals surface area (Å²) < 4.78 is 30.5. The molecule has 0 radical (unpaired) electrons. The predicted molar refractivity (Wildman–Crippen MR) is 78.8 cm³/mol. The molecule has 0 spiro atoms. The number of methoxy groups -OCH3 is 1. The molecule has 22 heavy (non-hydrogen) atoms. The van der Waals surface area contributed by atoms with E-state index in [-0.39, 0.29) is 17.7 Å². The summed E-state index contributed by atoms with van der Waals surface area (Å²) in [5.41, 5.74) is 0.303. The Labute approximate surface area is 128 Å². The fourth-order valence-electron chi connectivity index (χ4n) is 1.98. The first-order valence-corrected chi connectivity index (χ1v) is 7.94. The molecule has 0 aliphatic carbocycles. The largest absolute Gasteiger partial charge is 0.469 e. The Morgan fingerprint density at radius 2 is 1.77 bits per heavy atom. The van der Waals surface area contributed by atoms with E-state index < -0.39 is 21.8 Å². The van der Waals surface area contributed by atoms with E-state index >= 15 is 0 Å². The lowest BCUT2D eigenvalue weighted by atomic mass is 10.2. The Kier molecular flexibility index (Phi) is 4.77. The molecule has 2 rings (SSSR count). The van der Waals surface area contributed by atoms with E-state index in [2.05, 4.69) is 4.74 Å². The molecule has 1 aromatic carbocycles. The topological polar surface area (TPSA) is 82.4 Å². The number of hydrogen-bond acceptors (Lipinski definition) is 5. The van der Waals surface area contributed by atoms with Gasteiger partial charge in [-0.05, 0) is 24.3 Å². The van der Waals surface area contributed by atoms with E-state index in [0.717, 1.165) is 3.97 Å². The van der Waals surface area contributed by atoms with Crippen LogP contribution < -0.4 is 0 Å². The van der Waals surface area contributed by atoms with Crippen molar-refractivity contribution in [3.8, 4) is 0 Å².